The summed E-state index contributed by atoms with van der Waals surface area (Å²) in [5.74, 6) is 0. The lowest BCUT2D eigenvalue weighted by molar-refractivity contribution is -0.296. The van der Waals surface area contributed by atoms with Crippen LogP contribution in [0.3, 0.4) is 0 Å². The number of hydrogen-bond acceptors (Lipinski definition) is 3. The topological polar surface area (TPSA) is 38.7 Å². The van der Waals surface area contributed by atoms with Gasteiger partial charge in [-0.05, 0) is 12.8 Å². The highest BCUT2D eigenvalue weighted by atomic mass is 16.7. The fourth-order valence-corrected chi connectivity index (χ4v) is 2.11. The van der Waals surface area contributed by atoms with Crippen molar-refractivity contribution < 1.29 is 14.6 Å². The molecule has 16 heavy (non-hydrogen) atoms. The van der Waals surface area contributed by atoms with E-state index in [-0.39, 0.29) is 12.4 Å². The molecule has 3 atom stereocenters. The van der Waals surface area contributed by atoms with E-state index in [0.717, 1.165) is 19.3 Å². The fraction of sp³-hybridized carbons (Fsp3) is 1.00. The van der Waals surface area contributed by atoms with Crippen LogP contribution in [-0.2, 0) is 9.47 Å². The number of unbranched alkanes of at least 4 members (excludes halogenated alkanes) is 3. The van der Waals surface area contributed by atoms with Crippen molar-refractivity contribution in [3.63, 3.8) is 0 Å². The van der Waals surface area contributed by atoms with Crippen molar-refractivity contribution in [2.24, 2.45) is 0 Å². The molecule has 0 aliphatic carbocycles. The third-order valence-electron chi connectivity index (χ3n) is 3.02. The van der Waals surface area contributed by atoms with Crippen LogP contribution in [0.2, 0.25) is 0 Å². The van der Waals surface area contributed by atoms with Crippen molar-refractivity contribution in [1.29, 1.82) is 0 Å². The molecule has 1 rings (SSSR count). The number of hydrogen-bond donors (Lipinski definition) is 1. The van der Waals surface area contributed by atoms with E-state index in [0.29, 0.717) is 6.42 Å². The minimum absolute atomic E-state index is 0.190. The van der Waals surface area contributed by atoms with E-state index < -0.39 is 6.29 Å². The lowest BCUT2D eigenvalue weighted by Gasteiger charge is -2.33. The summed E-state index contributed by atoms with van der Waals surface area (Å²) in [7, 11) is 0. The van der Waals surface area contributed by atoms with Gasteiger partial charge in [-0.3, -0.25) is 0 Å². The molecule has 0 aromatic heterocycles. The van der Waals surface area contributed by atoms with Gasteiger partial charge >= 0.3 is 0 Å². The second-order valence-corrected chi connectivity index (χ2v) is 4.65. The van der Waals surface area contributed by atoms with Gasteiger partial charge in [0.15, 0.2) is 12.6 Å². The van der Waals surface area contributed by atoms with Gasteiger partial charge in [-0.15, -0.1) is 0 Å². The first-order chi connectivity index (χ1) is 7.76. The third kappa shape index (κ3) is 5.28. The summed E-state index contributed by atoms with van der Waals surface area (Å²) >= 11 is 0. The largest absolute Gasteiger partial charge is 0.368 e. The summed E-state index contributed by atoms with van der Waals surface area (Å²) in [4.78, 5) is 0. The minimum atomic E-state index is -0.624. The van der Waals surface area contributed by atoms with E-state index >= 15 is 0 Å². The van der Waals surface area contributed by atoms with Crippen LogP contribution in [0.5, 0.6) is 0 Å². The average molecular weight is 230 g/mol. The molecule has 96 valence electrons. The zero-order valence-corrected chi connectivity index (χ0v) is 10.7. The maximum Gasteiger partial charge on any atom is 0.161 e. The fourth-order valence-electron chi connectivity index (χ4n) is 2.11. The van der Waals surface area contributed by atoms with Crippen molar-refractivity contribution in [2.45, 2.75) is 83.9 Å². The van der Waals surface area contributed by atoms with Crippen LogP contribution in [0.15, 0.2) is 0 Å². The molecule has 1 fully saturated rings. The maximum atomic E-state index is 9.58. The predicted molar refractivity (Wildman–Crippen MR) is 64.0 cm³/mol. The molecule has 0 amide bonds. The first kappa shape index (κ1) is 13.9. The van der Waals surface area contributed by atoms with Crippen molar-refractivity contribution in [3.8, 4) is 0 Å². The first-order valence-electron chi connectivity index (χ1n) is 6.75. The van der Waals surface area contributed by atoms with Crippen LogP contribution < -0.4 is 0 Å². The maximum absolute atomic E-state index is 9.58. The molecule has 1 aliphatic heterocycles. The molecule has 3 nitrogen and oxygen atoms in total. The van der Waals surface area contributed by atoms with Crippen molar-refractivity contribution >= 4 is 0 Å². The van der Waals surface area contributed by atoms with E-state index in [1.165, 1.54) is 25.7 Å². The molecule has 0 aromatic carbocycles. The molecule has 1 heterocycles. The lowest BCUT2D eigenvalue weighted by atomic mass is 10.1. The van der Waals surface area contributed by atoms with Gasteiger partial charge in [-0.25, -0.2) is 0 Å². The quantitative estimate of drug-likeness (QED) is 0.683. The molecular weight excluding hydrogens is 204 g/mol. The van der Waals surface area contributed by atoms with Crippen molar-refractivity contribution in [3.05, 3.63) is 0 Å². The Hall–Kier alpha value is -0.120. The SMILES string of the molecule is CCCCCCC1CC(O)OC(CCC)O1. The highest BCUT2D eigenvalue weighted by Gasteiger charge is 2.27. The Morgan fingerprint density at radius 2 is 1.81 bits per heavy atom. The molecule has 1 aliphatic rings. The number of rotatable bonds is 7. The van der Waals surface area contributed by atoms with Crippen LogP contribution in [-0.4, -0.2) is 23.8 Å². The van der Waals surface area contributed by atoms with Gasteiger partial charge in [-0.2, -0.15) is 0 Å². The van der Waals surface area contributed by atoms with Crippen molar-refractivity contribution in [2.75, 3.05) is 0 Å². The van der Waals surface area contributed by atoms with Crippen LogP contribution in [0.4, 0.5) is 0 Å². The van der Waals surface area contributed by atoms with Gasteiger partial charge in [0.05, 0.1) is 6.10 Å². The summed E-state index contributed by atoms with van der Waals surface area (Å²) in [5.41, 5.74) is 0. The third-order valence-corrected chi connectivity index (χ3v) is 3.02. The monoisotopic (exact) mass is 230 g/mol. The van der Waals surface area contributed by atoms with Gasteiger partial charge in [0.25, 0.3) is 0 Å². The van der Waals surface area contributed by atoms with E-state index in [1.807, 2.05) is 0 Å². The van der Waals surface area contributed by atoms with Gasteiger partial charge in [0.1, 0.15) is 0 Å². The normalized spacial score (nSPS) is 30.6. The minimum Gasteiger partial charge on any atom is -0.368 e. The Kier molecular flexibility index (Phi) is 7.01. The van der Waals surface area contributed by atoms with E-state index in [4.69, 9.17) is 9.47 Å². The Bertz CT molecular complexity index is 173. The molecule has 0 aromatic rings. The van der Waals surface area contributed by atoms with Gasteiger partial charge in [0.2, 0.25) is 0 Å². The number of aliphatic hydroxyl groups is 1. The number of ether oxygens (including phenoxy) is 2. The van der Waals surface area contributed by atoms with Crippen LogP contribution in [0.25, 0.3) is 0 Å². The van der Waals surface area contributed by atoms with E-state index in [9.17, 15) is 5.11 Å². The summed E-state index contributed by atoms with van der Waals surface area (Å²) in [6.07, 6.45) is 7.99. The highest BCUT2D eigenvalue weighted by Crippen LogP contribution is 2.23. The molecule has 3 unspecified atom stereocenters. The molecule has 3 heteroatoms. The van der Waals surface area contributed by atoms with E-state index in [2.05, 4.69) is 13.8 Å². The van der Waals surface area contributed by atoms with Crippen LogP contribution in [0, 0.1) is 0 Å². The Morgan fingerprint density at radius 1 is 1.00 bits per heavy atom. The lowest BCUT2D eigenvalue weighted by Crippen LogP contribution is -2.38. The average Bonchev–Trinajstić information content (AvgIpc) is 2.24. The van der Waals surface area contributed by atoms with Crippen LogP contribution >= 0.6 is 0 Å². The van der Waals surface area contributed by atoms with Gasteiger partial charge < -0.3 is 14.6 Å². The van der Waals surface area contributed by atoms with Gasteiger partial charge in [0, 0.05) is 6.42 Å². The summed E-state index contributed by atoms with van der Waals surface area (Å²) in [6, 6.07) is 0. The van der Waals surface area contributed by atoms with Crippen LogP contribution in [0.1, 0.15) is 65.2 Å². The molecule has 0 saturated carbocycles. The predicted octanol–water partition coefficient (Wildman–Crippen LogP) is 3.21. The van der Waals surface area contributed by atoms with Gasteiger partial charge in [-0.1, -0.05) is 46.0 Å². The zero-order chi connectivity index (χ0) is 11.8. The molecule has 0 spiro atoms. The van der Waals surface area contributed by atoms with Crippen molar-refractivity contribution in [1.82, 2.24) is 0 Å². The van der Waals surface area contributed by atoms with E-state index in [1.54, 1.807) is 0 Å². The molecule has 1 N–H and O–H groups in total. The summed E-state index contributed by atoms with van der Waals surface area (Å²) < 4.78 is 11.1. The molecule has 0 radical (unpaired) electrons. The second-order valence-electron chi connectivity index (χ2n) is 4.65. The Labute approximate surface area is 99.1 Å². The molecule has 0 bridgehead atoms. The highest BCUT2D eigenvalue weighted by molar-refractivity contribution is 4.67. The number of aliphatic hydroxyl groups excluding tert-OH is 1. The zero-order valence-electron chi connectivity index (χ0n) is 10.7. The second kappa shape index (κ2) is 8.04. The smallest absolute Gasteiger partial charge is 0.161 e. The standard InChI is InChI=1S/C13H26O3/c1-3-5-6-7-9-11-10-12(14)16-13(15-11)8-4-2/h11-14H,3-10H2,1-2H3. The molecular formula is C13H26O3. The molecule has 1 saturated heterocycles. The first-order valence-corrected chi connectivity index (χ1v) is 6.75. The Morgan fingerprint density at radius 3 is 2.50 bits per heavy atom. The Balaban J connectivity index is 2.19. The summed E-state index contributed by atoms with van der Waals surface area (Å²) in [6.45, 7) is 4.32. The summed E-state index contributed by atoms with van der Waals surface area (Å²) in [5, 5.41) is 9.58.